The van der Waals surface area contributed by atoms with Crippen molar-refractivity contribution in [1.29, 1.82) is 0 Å². The number of carbonyl (C=O) groups excluding carboxylic acids is 2. The van der Waals surface area contributed by atoms with Gasteiger partial charge in [-0.1, -0.05) is 66.7 Å². The van der Waals surface area contributed by atoms with Crippen LogP contribution in [-0.2, 0) is 4.79 Å². The second-order valence-corrected chi connectivity index (χ2v) is 10.0. The van der Waals surface area contributed by atoms with Gasteiger partial charge in [-0.15, -0.1) is 0 Å². The van der Waals surface area contributed by atoms with Crippen molar-refractivity contribution in [1.82, 2.24) is 9.69 Å². The van der Waals surface area contributed by atoms with Crippen LogP contribution >= 0.6 is 34.7 Å². The molecule has 10 heteroatoms. The van der Waals surface area contributed by atoms with E-state index >= 15 is 4.39 Å². The number of anilines is 1. The molecule has 184 valence electrons. The smallest absolute Gasteiger partial charge is 0.280 e. The Bertz CT molecular complexity index is 1200. The Kier molecular flexibility index (Phi) is 8.26. The second-order valence-electron chi connectivity index (χ2n) is 8.26. The number of para-hydroxylation sites is 1. The van der Waals surface area contributed by atoms with Gasteiger partial charge in [-0.25, -0.2) is 4.39 Å². The largest absolute Gasteiger partial charge is 0.497 e. The third-order valence-electron chi connectivity index (χ3n) is 6.02. The predicted molar refractivity (Wildman–Crippen MR) is 136 cm³/mol. The third-order valence-corrected chi connectivity index (χ3v) is 7.63. The zero-order chi connectivity index (χ0) is 24.9. The Hall–Kier alpha value is -2.68. The van der Waals surface area contributed by atoms with Gasteiger partial charge in [0.1, 0.15) is 27.0 Å². The zero-order valence-corrected chi connectivity index (χ0v) is 21.3. The number of carbonyl (C=O) groups is 2. The molecular formula is C25H24Cl2FN3O3S. The molecule has 1 heterocycles. The molecule has 0 radical (unpaired) electrons. The fraction of sp³-hybridized carbons (Fsp3) is 0.320. The number of ether oxygens (including phenoxy) is 1. The van der Waals surface area contributed by atoms with Crippen molar-refractivity contribution in [2.75, 3.05) is 12.0 Å². The highest BCUT2D eigenvalue weighted by atomic mass is 35.5. The molecule has 0 bridgehead atoms. The summed E-state index contributed by atoms with van der Waals surface area (Å²) >= 11 is 13.2. The summed E-state index contributed by atoms with van der Waals surface area (Å²) in [6, 6.07) is 11.3. The van der Waals surface area contributed by atoms with Crippen LogP contribution in [0.25, 0.3) is 0 Å². The zero-order valence-electron chi connectivity index (χ0n) is 19.0. The van der Waals surface area contributed by atoms with Crippen LogP contribution in [0.5, 0.6) is 5.75 Å². The molecule has 1 atom stereocenters. The average Bonchev–Trinajstić information content (AvgIpc) is 3.21. The van der Waals surface area contributed by atoms with E-state index in [1.165, 1.54) is 25.3 Å². The van der Waals surface area contributed by atoms with Crippen molar-refractivity contribution in [2.45, 2.75) is 44.2 Å². The average molecular weight is 536 g/mol. The van der Waals surface area contributed by atoms with E-state index in [0.29, 0.717) is 11.3 Å². The minimum Gasteiger partial charge on any atom is -0.497 e. The molecule has 2 amide bonds. The normalized spacial score (nSPS) is 14.9. The lowest BCUT2D eigenvalue weighted by Gasteiger charge is -2.33. The van der Waals surface area contributed by atoms with Gasteiger partial charge < -0.3 is 10.1 Å². The monoisotopic (exact) mass is 535 g/mol. The van der Waals surface area contributed by atoms with Crippen molar-refractivity contribution in [3.8, 4) is 5.75 Å². The number of nitrogens with zero attached hydrogens (tertiary/aromatic N) is 2. The lowest BCUT2D eigenvalue weighted by molar-refractivity contribution is -0.123. The number of rotatable bonds is 7. The van der Waals surface area contributed by atoms with Crippen LogP contribution in [0.15, 0.2) is 48.5 Å². The quantitative estimate of drug-likeness (QED) is 0.378. The van der Waals surface area contributed by atoms with E-state index in [1.54, 1.807) is 30.3 Å². The Morgan fingerprint density at radius 3 is 2.40 bits per heavy atom. The second kappa shape index (κ2) is 11.4. The molecule has 1 N–H and O–H groups in total. The fourth-order valence-electron chi connectivity index (χ4n) is 4.25. The van der Waals surface area contributed by atoms with Gasteiger partial charge in [0.2, 0.25) is 5.91 Å². The Morgan fingerprint density at radius 1 is 1.11 bits per heavy atom. The maximum Gasteiger partial charge on any atom is 0.280 e. The first-order valence-electron chi connectivity index (χ1n) is 11.2. The number of hydrogen-bond donors (Lipinski definition) is 1. The van der Waals surface area contributed by atoms with Gasteiger partial charge in [0.05, 0.1) is 12.8 Å². The standard InChI is InChI=1S/C25H24Cl2FN3O3S/c1-34-17-13-11-15(12-14-17)22(24(32)29-16-7-3-2-4-8-16)31(19-10-6-5-9-18(19)28)25(33)21-20(26)23(27)35-30-21/h5-6,9-14,16,22H,2-4,7-8H2,1H3,(H,29,32). The molecular weight excluding hydrogens is 512 g/mol. The Morgan fingerprint density at radius 2 is 1.80 bits per heavy atom. The predicted octanol–water partition coefficient (Wildman–Crippen LogP) is 6.43. The van der Waals surface area contributed by atoms with Gasteiger partial charge >= 0.3 is 0 Å². The topological polar surface area (TPSA) is 71.5 Å². The highest BCUT2D eigenvalue weighted by Crippen LogP contribution is 2.36. The van der Waals surface area contributed by atoms with E-state index in [4.69, 9.17) is 27.9 Å². The maximum atomic E-state index is 15.1. The van der Waals surface area contributed by atoms with Crippen LogP contribution in [0.1, 0.15) is 54.2 Å². The van der Waals surface area contributed by atoms with Crippen LogP contribution in [0.3, 0.4) is 0 Å². The van der Waals surface area contributed by atoms with E-state index in [-0.39, 0.29) is 26.8 Å². The van der Waals surface area contributed by atoms with E-state index in [1.807, 2.05) is 0 Å². The first-order chi connectivity index (χ1) is 16.9. The molecule has 4 rings (SSSR count). The third kappa shape index (κ3) is 5.60. The minimum atomic E-state index is -1.19. The summed E-state index contributed by atoms with van der Waals surface area (Å²) in [5.74, 6) is -1.24. The number of halogens is 3. The van der Waals surface area contributed by atoms with Gasteiger partial charge in [-0.3, -0.25) is 14.5 Å². The molecule has 0 spiro atoms. The summed E-state index contributed by atoms with van der Waals surface area (Å²) in [6.45, 7) is 0. The highest BCUT2D eigenvalue weighted by Gasteiger charge is 2.37. The summed E-state index contributed by atoms with van der Waals surface area (Å²) < 4.78 is 24.6. The maximum absolute atomic E-state index is 15.1. The van der Waals surface area contributed by atoms with Crippen molar-refractivity contribution in [3.05, 3.63) is 75.0 Å². The van der Waals surface area contributed by atoms with Crippen LogP contribution in [-0.4, -0.2) is 29.3 Å². The minimum absolute atomic E-state index is 0.0214. The van der Waals surface area contributed by atoms with Crippen molar-refractivity contribution < 1.29 is 18.7 Å². The summed E-state index contributed by atoms with van der Waals surface area (Å²) in [5.41, 5.74) is 0.263. The van der Waals surface area contributed by atoms with Crippen LogP contribution in [0.2, 0.25) is 9.36 Å². The van der Waals surface area contributed by atoms with Crippen LogP contribution in [0.4, 0.5) is 10.1 Å². The van der Waals surface area contributed by atoms with E-state index in [9.17, 15) is 9.59 Å². The van der Waals surface area contributed by atoms with Gasteiger partial charge in [-0.05, 0) is 54.2 Å². The molecule has 35 heavy (non-hydrogen) atoms. The lowest BCUT2D eigenvalue weighted by atomic mass is 9.94. The number of benzene rings is 2. The number of amides is 2. The summed E-state index contributed by atoms with van der Waals surface area (Å²) in [4.78, 5) is 28.7. The summed E-state index contributed by atoms with van der Waals surface area (Å²) in [5, 5.41) is 3.04. The molecule has 3 aromatic rings. The van der Waals surface area contributed by atoms with Gasteiger partial charge in [0, 0.05) is 6.04 Å². The first kappa shape index (κ1) is 25.4. The molecule has 1 unspecified atom stereocenters. The van der Waals surface area contributed by atoms with E-state index in [0.717, 1.165) is 48.5 Å². The number of methoxy groups -OCH3 is 1. The molecule has 0 aliphatic heterocycles. The number of aromatic nitrogens is 1. The summed E-state index contributed by atoms with van der Waals surface area (Å²) in [6.07, 6.45) is 4.85. The molecule has 1 aliphatic carbocycles. The molecule has 1 aromatic heterocycles. The van der Waals surface area contributed by atoms with E-state index < -0.39 is 23.7 Å². The highest BCUT2D eigenvalue weighted by molar-refractivity contribution is 7.11. The molecule has 2 aromatic carbocycles. The molecule has 1 aliphatic rings. The molecule has 6 nitrogen and oxygen atoms in total. The number of hydrogen-bond acceptors (Lipinski definition) is 5. The SMILES string of the molecule is COc1ccc(C(C(=O)NC2CCCCC2)N(C(=O)c2nsc(Cl)c2Cl)c2ccccc2F)cc1. The van der Waals surface area contributed by atoms with Crippen LogP contribution in [0, 0.1) is 5.82 Å². The fourth-order valence-corrected chi connectivity index (χ4v) is 5.24. The Balaban J connectivity index is 1.83. The first-order valence-corrected chi connectivity index (χ1v) is 12.8. The van der Waals surface area contributed by atoms with E-state index in [2.05, 4.69) is 9.69 Å². The lowest BCUT2D eigenvalue weighted by Crippen LogP contribution is -2.47. The van der Waals surface area contributed by atoms with Crippen molar-refractivity contribution >= 4 is 52.2 Å². The van der Waals surface area contributed by atoms with Crippen molar-refractivity contribution in [3.63, 3.8) is 0 Å². The Labute approximate surface area is 217 Å². The molecule has 0 saturated heterocycles. The van der Waals surface area contributed by atoms with Gasteiger partial charge in [0.15, 0.2) is 5.69 Å². The van der Waals surface area contributed by atoms with Gasteiger partial charge in [0.25, 0.3) is 5.91 Å². The van der Waals surface area contributed by atoms with Crippen molar-refractivity contribution in [2.24, 2.45) is 0 Å². The van der Waals surface area contributed by atoms with Crippen LogP contribution < -0.4 is 15.0 Å². The number of nitrogens with one attached hydrogen (secondary N) is 1. The molecule has 1 fully saturated rings. The molecule has 1 saturated carbocycles. The van der Waals surface area contributed by atoms with Gasteiger partial charge in [-0.2, -0.15) is 4.37 Å². The summed E-state index contributed by atoms with van der Waals surface area (Å²) in [7, 11) is 1.53.